The van der Waals surface area contributed by atoms with Crippen molar-refractivity contribution in [2.24, 2.45) is 5.92 Å². The molecule has 7 heteroatoms. The van der Waals surface area contributed by atoms with Crippen LogP contribution in [0.15, 0.2) is 72.8 Å². The molecule has 0 radical (unpaired) electrons. The maximum absolute atomic E-state index is 13.6. The molecule has 0 aromatic heterocycles. The van der Waals surface area contributed by atoms with Crippen LogP contribution in [0.25, 0.3) is 0 Å². The van der Waals surface area contributed by atoms with Gasteiger partial charge in [-0.2, -0.15) is 0 Å². The van der Waals surface area contributed by atoms with Crippen LogP contribution in [0.4, 0.5) is 8.78 Å². The Bertz CT molecular complexity index is 1060. The number of aromatic carboxylic acids is 1. The van der Waals surface area contributed by atoms with Crippen molar-refractivity contribution in [3.05, 3.63) is 101 Å². The number of rotatable bonds is 9. The summed E-state index contributed by atoms with van der Waals surface area (Å²) >= 11 is 0. The fraction of sp³-hybridized carbons (Fsp3) is 0.321. The Morgan fingerprint density at radius 2 is 1.43 bits per heavy atom. The van der Waals surface area contributed by atoms with Gasteiger partial charge in [0, 0.05) is 6.54 Å². The Kier molecular flexibility index (Phi) is 7.78. The second kappa shape index (κ2) is 11.0. The molecule has 1 aliphatic rings. The number of carboxylic acid groups (broad SMARTS) is 1. The third kappa shape index (κ3) is 5.86. The van der Waals surface area contributed by atoms with Crippen LogP contribution in [0.3, 0.4) is 0 Å². The van der Waals surface area contributed by atoms with E-state index in [-0.39, 0.29) is 23.1 Å². The lowest BCUT2D eigenvalue weighted by molar-refractivity contribution is -0.255. The number of halogens is 2. The van der Waals surface area contributed by atoms with Crippen molar-refractivity contribution in [1.82, 2.24) is 4.90 Å². The fourth-order valence-corrected chi connectivity index (χ4v) is 4.79. The topological polar surface area (TPSA) is 72.8 Å². The Labute approximate surface area is 203 Å². The highest BCUT2D eigenvalue weighted by atomic mass is 19.1. The minimum absolute atomic E-state index is 0.104. The van der Waals surface area contributed by atoms with Crippen LogP contribution in [-0.4, -0.2) is 42.2 Å². The second-order valence-electron chi connectivity index (χ2n) is 8.91. The molecule has 1 N–H and O–H groups in total. The van der Waals surface area contributed by atoms with Crippen molar-refractivity contribution >= 4 is 5.97 Å². The Morgan fingerprint density at radius 1 is 0.914 bits per heavy atom. The van der Waals surface area contributed by atoms with E-state index in [9.17, 15) is 23.8 Å². The van der Waals surface area contributed by atoms with Crippen molar-refractivity contribution in [3.8, 4) is 5.75 Å². The highest BCUT2D eigenvalue weighted by Crippen LogP contribution is 2.42. The van der Waals surface area contributed by atoms with E-state index in [1.807, 2.05) is 0 Å². The van der Waals surface area contributed by atoms with Gasteiger partial charge in [0.2, 0.25) is 0 Å². The van der Waals surface area contributed by atoms with Crippen LogP contribution >= 0.6 is 0 Å². The number of carbonyl (C=O) groups is 1. The summed E-state index contributed by atoms with van der Waals surface area (Å²) in [5.41, 5.74) is -0.0283. The van der Waals surface area contributed by atoms with Gasteiger partial charge in [-0.3, -0.25) is 0 Å². The van der Waals surface area contributed by atoms with Crippen molar-refractivity contribution in [1.29, 1.82) is 0 Å². The normalized spacial score (nSPS) is 15.2. The first-order chi connectivity index (χ1) is 16.9. The molecule has 0 amide bonds. The number of benzene rings is 3. The zero-order valence-electron chi connectivity index (χ0n) is 19.3. The van der Waals surface area contributed by atoms with Crippen molar-refractivity contribution in [2.75, 3.05) is 26.2 Å². The van der Waals surface area contributed by atoms with E-state index < -0.39 is 11.6 Å². The zero-order valence-corrected chi connectivity index (χ0v) is 19.3. The molecule has 5 nitrogen and oxygen atoms in total. The standard InChI is InChI=1S/C28H29F2NO4/c29-24-8-4-21(5-9-24)28(34,22-6-10-25(30)11-7-22)23-14-17-31(18-15-23)16-1-19-35-26-12-2-20(3-13-26)27(32)33/h2-13,23,34H,1,14-19H2,(H,32,33)/p-1. The molecule has 1 fully saturated rings. The SMILES string of the molecule is O=C([O-])c1ccc(OCCCN2CCC(C(O)(c3ccc(F)cc3)c3ccc(F)cc3)CC2)cc1. The molecule has 0 unspecified atom stereocenters. The third-order valence-corrected chi connectivity index (χ3v) is 6.72. The van der Waals surface area contributed by atoms with E-state index in [0.29, 0.717) is 23.5 Å². The van der Waals surface area contributed by atoms with Gasteiger partial charge in [0.05, 0.1) is 12.6 Å². The summed E-state index contributed by atoms with van der Waals surface area (Å²) < 4.78 is 32.8. The molecule has 4 rings (SSSR count). The number of hydrogen-bond donors (Lipinski definition) is 1. The molecule has 1 aliphatic heterocycles. The zero-order chi connectivity index (χ0) is 24.8. The van der Waals surface area contributed by atoms with Crippen LogP contribution in [0.5, 0.6) is 5.75 Å². The fourth-order valence-electron chi connectivity index (χ4n) is 4.79. The van der Waals surface area contributed by atoms with Gasteiger partial charge < -0.3 is 24.6 Å². The maximum atomic E-state index is 13.6. The summed E-state index contributed by atoms with van der Waals surface area (Å²) in [7, 11) is 0. The predicted molar refractivity (Wildman–Crippen MR) is 126 cm³/mol. The summed E-state index contributed by atoms with van der Waals surface area (Å²) in [6.45, 7) is 2.90. The third-order valence-electron chi connectivity index (χ3n) is 6.72. The van der Waals surface area contributed by atoms with Crippen LogP contribution in [0.2, 0.25) is 0 Å². The summed E-state index contributed by atoms with van der Waals surface area (Å²) in [6.07, 6.45) is 2.26. The molecule has 3 aromatic rings. The van der Waals surface area contributed by atoms with Crippen molar-refractivity contribution < 1.29 is 28.5 Å². The monoisotopic (exact) mass is 480 g/mol. The van der Waals surface area contributed by atoms with Gasteiger partial charge >= 0.3 is 0 Å². The largest absolute Gasteiger partial charge is 0.545 e. The maximum Gasteiger partial charge on any atom is 0.123 e. The summed E-state index contributed by atoms with van der Waals surface area (Å²) in [4.78, 5) is 13.1. The van der Waals surface area contributed by atoms with Gasteiger partial charge in [-0.15, -0.1) is 0 Å². The number of carbonyl (C=O) groups excluding carboxylic acids is 1. The minimum Gasteiger partial charge on any atom is -0.545 e. The molecular weight excluding hydrogens is 452 g/mol. The minimum atomic E-state index is -1.34. The van der Waals surface area contributed by atoms with Gasteiger partial charge in [0.25, 0.3) is 0 Å². The molecule has 0 aliphatic carbocycles. The Morgan fingerprint density at radius 3 is 1.91 bits per heavy atom. The average Bonchev–Trinajstić information content (AvgIpc) is 2.87. The molecule has 3 aromatic carbocycles. The van der Waals surface area contributed by atoms with E-state index >= 15 is 0 Å². The first-order valence-corrected chi connectivity index (χ1v) is 11.8. The highest BCUT2D eigenvalue weighted by Gasteiger charge is 2.41. The van der Waals surface area contributed by atoms with Gasteiger partial charge in [0.1, 0.15) is 23.0 Å². The molecule has 1 heterocycles. The predicted octanol–water partition coefficient (Wildman–Crippen LogP) is 3.75. The first kappa shape index (κ1) is 24.8. The number of nitrogens with zero attached hydrogens (tertiary/aromatic N) is 1. The van der Waals surface area contributed by atoms with Crippen LogP contribution < -0.4 is 9.84 Å². The number of likely N-dealkylation sites (tertiary alicyclic amines) is 1. The van der Waals surface area contributed by atoms with Gasteiger partial charge in [0.15, 0.2) is 0 Å². The van der Waals surface area contributed by atoms with Crippen molar-refractivity contribution in [2.45, 2.75) is 24.9 Å². The van der Waals surface area contributed by atoms with Crippen molar-refractivity contribution in [3.63, 3.8) is 0 Å². The van der Waals surface area contributed by atoms with Gasteiger partial charge in [-0.25, -0.2) is 8.78 Å². The summed E-state index contributed by atoms with van der Waals surface area (Å²) in [5, 5.41) is 22.7. The summed E-state index contributed by atoms with van der Waals surface area (Å²) in [6, 6.07) is 17.9. The number of piperidine rings is 1. The number of carboxylic acids is 1. The molecular formula is C28H28F2NO4-. The molecule has 1 saturated heterocycles. The number of hydrogen-bond acceptors (Lipinski definition) is 5. The first-order valence-electron chi connectivity index (χ1n) is 11.8. The van der Waals surface area contributed by atoms with E-state index in [0.717, 1.165) is 38.9 Å². The van der Waals surface area contributed by atoms with Gasteiger partial charge in [-0.1, -0.05) is 24.3 Å². The molecule has 35 heavy (non-hydrogen) atoms. The quantitative estimate of drug-likeness (QED) is 0.473. The molecule has 0 bridgehead atoms. The lowest BCUT2D eigenvalue weighted by Gasteiger charge is -2.42. The second-order valence-corrected chi connectivity index (χ2v) is 8.91. The van der Waals surface area contributed by atoms with E-state index in [4.69, 9.17) is 4.74 Å². The van der Waals surface area contributed by atoms with Crippen LogP contribution in [0, 0.1) is 17.6 Å². The Hall–Kier alpha value is -3.29. The number of aliphatic hydroxyl groups is 1. The smallest absolute Gasteiger partial charge is 0.123 e. The van der Waals surface area contributed by atoms with Crippen LogP contribution in [-0.2, 0) is 5.60 Å². The Balaban J connectivity index is 1.34. The number of ether oxygens (including phenoxy) is 1. The highest BCUT2D eigenvalue weighted by molar-refractivity contribution is 5.85. The lowest BCUT2D eigenvalue weighted by atomic mass is 9.72. The molecule has 0 spiro atoms. The average molecular weight is 481 g/mol. The van der Waals surface area contributed by atoms with E-state index in [1.165, 1.54) is 36.4 Å². The van der Waals surface area contributed by atoms with Crippen LogP contribution in [0.1, 0.15) is 40.7 Å². The van der Waals surface area contributed by atoms with E-state index in [1.54, 1.807) is 36.4 Å². The lowest BCUT2D eigenvalue weighted by Crippen LogP contribution is -2.44. The summed E-state index contributed by atoms with van der Waals surface area (Å²) in [5.74, 6) is -1.46. The molecule has 0 atom stereocenters. The molecule has 184 valence electrons. The van der Waals surface area contributed by atoms with Gasteiger partial charge in [-0.05, 0) is 103 Å². The van der Waals surface area contributed by atoms with E-state index in [2.05, 4.69) is 4.90 Å². The molecule has 0 saturated carbocycles.